The number of benzene rings is 2. The summed E-state index contributed by atoms with van der Waals surface area (Å²) in [6.45, 7) is 4.59. The van der Waals surface area contributed by atoms with E-state index in [4.69, 9.17) is 0 Å². The Labute approximate surface area is 190 Å². The highest BCUT2D eigenvalue weighted by Crippen LogP contribution is 2.33. The molecule has 2 aromatic heterocycles. The van der Waals surface area contributed by atoms with Crippen molar-refractivity contribution in [3.63, 3.8) is 0 Å². The molecule has 4 aromatic rings. The number of nitrogens with one attached hydrogen (secondary N) is 1. The van der Waals surface area contributed by atoms with Crippen molar-refractivity contribution in [1.82, 2.24) is 20.1 Å². The third kappa shape index (κ3) is 5.18. The number of carbonyl (C=O) groups is 1. The summed E-state index contributed by atoms with van der Waals surface area (Å²) in [4.78, 5) is 30.1. The lowest BCUT2D eigenvalue weighted by molar-refractivity contribution is -0.120. The van der Waals surface area contributed by atoms with Crippen molar-refractivity contribution >= 4 is 17.2 Å². The van der Waals surface area contributed by atoms with Crippen LogP contribution in [0.1, 0.15) is 16.8 Å². The highest BCUT2D eigenvalue weighted by Gasteiger charge is 2.14. The summed E-state index contributed by atoms with van der Waals surface area (Å²) in [5.74, 6) is -0.0798. The molecule has 0 saturated carbocycles. The van der Waals surface area contributed by atoms with Crippen LogP contribution in [-0.2, 0) is 17.8 Å². The van der Waals surface area contributed by atoms with Gasteiger partial charge in [-0.2, -0.15) is 5.10 Å². The maximum atomic E-state index is 12.3. The number of rotatable bonds is 7. The summed E-state index contributed by atoms with van der Waals surface area (Å²) in [5, 5.41) is 8.31. The predicted octanol–water partition coefficient (Wildman–Crippen LogP) is 4.01. The van der Waals surface area contributed by atoms with Crippen LogP contribution < -0.4 is 10.9 Å². The van der Waals surface area contributed by atoms with Gasteiger partial charge in [0.05, 0.1) is 23.5 Å². The minimum atomic E-state index is -0.202. The van der Waals surface area contributed by atoms with Gasteiger partial charge in [0.15, 0.2) is 0 Å². The third-order valence-electron chi connectivity index (χ3n) is 5.05. The van der Waals surface area contributed by atoms with Gasteiger partial charge in [-0.15, -0.1) is 11.3 Å². The smallest absolute Gasteiger partial charge is 0.266 e. The summed E-state index contributed by atoms with van der Waals surface area (Å²) in [7, 11) is 0. The van der Waals surface area contributed by atoms with Crippen molar-refractivity contribution in [3.8, 4) is 21.1 Å². The van der Waals surface area contributed by atoms with Crippen LogP contribution in [-0.4, -0.2) is 27.2 Å². The molecule has 0 spiro atoms. The minimum absolute atomic E-state index is 0.0798. The second kappa shape index (κ2) is 9.70. The predicted molar refractivity (Wildman–Crippen MR) is 128 cm³/mol. The van der Waals surface area contributed by atoms with Crippen LogP contribution in [0.3, 0.4) is 0 Å². The molecule has 2 aromatic carbocycles. The Hall–Kier alpha value is -3.58. The lowest BCUT2D eigenvalue weighted by atomic mass is 10.1. The third-order valence-corrected chi connectivity index (χ3v) is 6.28. The number of aryl methyl sites for hydroxylation is 2. The van der Waals surface area contributed by atoms with Crippen molar-refractivity contribution in [2.75, 3.05) is 6.54 Å². The monoisotopic (exact) mass is 444 g/mol. The van der Waals surface area contributed by atoms with Crippen molar-refractivity contribution in [1.29, 1.82) is 0 Å². The first kappa shape index (κ1) is 21.6. The maximum Gasteiger partial charge on any atom is 0.266 e. The van der Waals surface area contributed by atoms with Gasteiger partial charge in [0.1, 0.15) is 10.7 Å². The zero-order valence-corrected chi connectivity index (χ0v) is 18.9. The topological polar surface area (TPSA) is 76.9 Å². The molecule has 7 heteroatoms. The first-order valence-corrected chi connectivity index (χ1v) is 11.2. The van der Waals surface area contributed by atoms with Crippen LogP contribution in [0.4, 0.5) is 0 Å². The molecule has 6 nitrogen and oxygen atoms in total. The first-order valence-electron chi connectivity index (χ1n) is 10.4. The van der Waals surface area contributed by atoms with Crippen LogP contribution in [0.5, 0.6) is 0 Å². The van der Waals surface area contributed by atoms with Gasteiger partial charge < -0.3 is 5.32 Å². The molecule has 162 valence electrons. The zero-order chi connectivity index (χ0) is 22.5. The van der Waals surface area contributed by atoms with E-state index >= 15 is 0 Å². The van der Waals surface area contributed by atoms with E-state index < -0.39 is 0 Å². The summed E-state index contributed by atoms with van der Waals surface area (Å²) >= 11 is 1.55. The van der Waals surface area contributed by atoms with Crippen molar-refractivity contribution in [2.45, 2.75) is 26.8 Å². The standard InChI is InChI=1S/C25H24N4O2S/c1-17-8-10-19(11-9-17)16-22(30)26-14-15-29-23(31)13-12-21(28-29)24-18(2)27-25(32-24)20-6-4-3-5-7-20/h3-13H,14-16H2,1-2H3,(H,26,30). The highest BCUT2D eigenvalue weighted by molar-refractivity contribution is 7.18. The Kier molecular flexibility index (Phi) is 6.56. The molecule has 2 heterocycles. The lowest BCUT2D eigenvalue weighted by Crippen LogP contribution is -2.32. The molecular formula is C25H24N4O2S. The highest BCUT2D eigenvalue weighted by atomic mass is 32.1. The van der Waals surface area contributed by atoms with Gasteiger partial charge in [-0.05, 0) is 25.5 Å². The lowest BCUT2D eigenvalue weighted by Gasteiger charge is -2.08. The fraction of sp³-hybridized carbons (Fsp3) is 0.200. The van der Waals surface area contributed by atoms with Crippen molar-refractivity contribution in [3.05, 3.63) is 93.9 Å². The molecule has 0 saturated heterocycles. The average Bonchev–Trinajstić information content (AvgIpc) is 3.19. The second-order valence-electron chi connectivity index (χ2n) is 7.59. The van der Waals surface area contributed by atoms with Crippen LogP contribution in [0.15, 0.2) is 71.5 Å². The SMILES string of the molecule is Cc1ccc(CC(=O)NCCn2nc(-c3sc(-c4ccccc4)nc3C)ccc2=O)cc1. The summed E-state index contributed by atoms with van der Waals surface area (Å²) in [6, 6.07) is 21.1. The molecule has 0 aliphatic rings. The van der Waals surface area contributed by atoms with E-state index in [1.165, 1.54) is 10.7 Å². The van der Waals surface area contributed by atoms with Crippen LogP contribution >= 0.6 is 11.3 Å². The number of carbonyl (C=O) groups excluding carboxylic acids is 1. The average molecular weight is 445 g/mol. The second-order valence-corrected chi connectivity index (χ2v) is 8.59. The van der Waals surface area contributed by atoms with Gasteiger partial charge in [-0.1, -0.05) is 60.2 Å². The number of hydrogen-bond donors (Lipinski definition) is 1. The molecule has 0 aliphatic carbocycles. The Morgan fingerprint density at radius 1 is 1.00 bits per heavy atom. The van der Waals surface area contributed by atoms with E-state index in [0.29, 0.717) is 25.2 Å². The summed E-state index contributed by atoms with van der Waals surface area (Å²) < 4.78 is 1.39. The molecule has 0 aliphatic heterocycles. The summed E-state index contributed by atoms with van der Waals surface area (Å²) in [6.07, 6.45) is 0.310. The van der Waals surface area contributed by atoms with Gasteiger partial charge in [0.2, 0.25) is 5.91 Å². The quantitative estimate of drug-likeness (QED) is 0.467. The van der Waals surface area contributed by atoms with Crippen molar-refractivity contribution in [2.24, 2.45) is 0 Å². The molecule has 0 fully saturated rings. The van der Waals surface area contributed by atoms with Gasteiger partial charge >= 0.3 is 0 Å². The molecule has 0 unspecified atom stereocenters. The maximum absolute atomic E-state index is 12.3. The van der Waals surface area contributed by atoms with Crippen LogP contribution in [0.2, 0.25) is 0 Å². The molecule has 1 amide bonds. The Morgan fingerprint density at radius 2 is 1.75 bits per heavy atom. The van der Waals surface area contributed by atoms with E-state index in [0.717, 1.165) is 32.3 Å². The fourth-order valence-corrected chi connectivity index (χ4v) is 4.36. The van der Waals surface area contributed by atoms with E-state index in [1.54, 1.807) is 17.4 Å². The Balaban J connectivity index is 1.43. The molecule has 0 atom stereocenters. The molecule has 0 bridgehead atoms. The normalized spacial score (nSPS) is 10.8. The van der Waals surface area contributed by atoms with E-state index in [9.17, 15) is 9.59 Å². The molecule has 1 N–H and O–H groups in total. The minimum Gasteiger partial charge on any atom is -0.354 e. The number of aromatic nitrogens is 3. The van der Waals surface area contributed by atoms with Gasteiger partial charge in [-0.25, -0.2) is 9.67 Å². The number of nitrogens with zero attached hydrogens (tertiary/aromatic N) is 3. The molecular weight excluding hydrogens is 420 g/mol. The molecule has 0 radical (unpaired) electrons. The van der Waals surface area contributed by atoms with Crippen LogP contribution in [0.25, 0.3) is 21.1 Å². The number of thiazole rings is 1. The number of hydrogen-bond acceptors (Lipinski definition) is 5. The number of amides is 1. The van der Waals surface area contributed by atoms with E-state index in [2.05, 4.69) is 15.4 Å². The first-order chi connectivity index (χ1) is 15.5. The van der Waals surface area contributed by atoms with Gasteiger partial charge in [0, 0.05) is 18.2 Å². The van der Waals surface area contributed by atoms with Crippen molar-refractivity contribution < 1.29 is 4.79 Å². The van der Waals surface area contributed by atoms with Gasteiger partial charge in [-0.3, -0.25) is 9.59 Å². The molecule has 32 heavy (non-hydrogen) atoms. The summed E-state index contributed by atoms with van der Waals surface area (Å²) in [5.41, 5.74) is 4.54. The molecule has 4 rings (SSSR count). The fourth-order valence-electron chi connectivity index (χ4n) is 3.32. The Morgan fingerprint density at radius 3 is 2.50 bits per heavy atom. The van der Waals surface area contributed by atoms with E-state index in [-0.39, 0.29) is 11.5 Å². The Bertz CT molecular complexity index is 1280. The largest absolute Gasteiger partial charge is 0.354 e. The van der Waals surface area contributed by atoms with E-state index in [1.807, 2.05) is 68.4 Å². The van der Waals surface area contributed by atoms with Crippen LogP contribution in [0, 0.1) is 13.8 Å². The van der Waals surface area contributed by atoms with Gasteiger partial charge in [0.25, 0.3) is 5.56 Å². The zero-order valence-electron chi connectivity index (χ0n) is 18.0.